The Morgan fingerprint density at radius 3 is 3.11 bits per heavy atom. The van der Waals surface area contributed by atoms with Crippen LogP contribution in [0.2, 0.25) is 0 Å². The van der Waals surface area contributed by atoms with Crippen molar-refractivity contribution in [2.45, 2.75) is 50.7 Å². The van der Waals surface area contributed by atoms with Crippen molar-refractivity contribution in [3.8, 4) is 5.75 Å². The Kier molecular flexibility index (Phi) is 3.15. The highest BCUT2D eigenvalue weighted by Gasteiger charge is 2.48. The Balaban J connectivity index is 1.98. The molecule has 3 unspecified atom stereocenters. The zero-order valence-electron chi connectivity index (χ0n) is 10.8. The summed E-state index contributed by atoms with van der Waals surface area (Å²) in [5.41, 5.74) is 7.54. The van der Waals surface area contributed by atoms with Gasteiger partial charge in [-0.3, -0.25) is 0 Å². The van der Waals surface area contributed by atoms with E-state index in [0.717, 1.165) is 28.6 Å². The number of hydrogen-bond acceptors (Lipinski definition) is 2. The minimum atomic E-state index is 0.00892. The van der Waals surface area contributed by atoms with Gasteiger partial charge < -0.3 is 10.5 Å². The molecule has 1 aliphatic carbocycles. The van der Waals surface area contributed by atoms with Crippen molar-refractivity contribution in [3.63, 3.8) is 0 Å². The van der Waals surface area contributed by atoms with Gasteiger partial charge in [-0.25, -0.2) is 0 Å². The molecule has 3 heteroatoms. The Morgan fingerprint density at radius 1 is 1.50 bits per heavy atom. The topological polar surface area (TPSA) is 35.2 Å². The first-order chi connectivity index (χ1) is 8.64. The number of halogens is 1. The first kappa shape index (κ1) is 12.5. The molecule has 1 aromatic rings. The van der Waals surface area contributed by atoms with Crippen LogP contribution in [0.4, 0.5) is 0 Å². The normalized spacial score (nSPS) is 34.4. The van der Waals surface area contributed by atoms with Crippen LogP contribution in [0.3, 0.4) is 0 Å². The van der Waals surface area contributed by atoms with Gasteiger partial charge >= 0.3 is 0 Å². The summed E-state index contributed by atoms with van der Waals surface area (Å²) in [5.74, 6) is 1.66. The average Bonchev–Trinajstić information content (AvgIpc) is 2.72. The fourth-order valence-corrected chi connectivity index (χ4v) is 4.12. The number of benzene rings is 1. The zero-order valence-corrected chi connectivity index (χ0v) is 12.4. The first-order valence-corrected chi connectivity index (χ1v) is 7.68. The summed E-state index contributed by atoms with van der Waals surface area (Å²) in [6, 6.07) is 6.31. The fraction of sp³-hybridized carbons (Fsp3) is 0.600. The van der Waals surface area contributed by atoms with Crippen LogP contribution in [-0.2, 0) is 0 Å². The quantitative estimate of drug-likeness (QED) is 0.844. The van der Waals surface area contributed by atoms with Crippen molar-refractivity contribution in [1.29, 1.82) is 0 Å². The minimum absolute atomic E-state index is 0.00892. The van der Waals surface area contributed by atoms with E-state index in [1.165, 1.54) is 19.3 Å². The number of hydrogen-bond donors (Lipinski definition) is 1. The highest BCUT2D eigenvalue weighted by atomic mass is 79.9. The van der Waals surface area contributed by atoms with Crippen LogP contribution in [0.15, 0.2) is 22.7 Å². The molecule has 0 amide bonds. The lowest BCUT2D eigenvalue weighted by molar-refractivity contribution is -0.000973. The summed E-state index contributed by atoms with van der Waals surface area (Å²) in [6.45, 7) is 2.27. The summed E-state index contributed by atoms with van der Waals surface area (Å²) < 4.78 is 7.49. The van der Waals surface area contributed by atoms with Crippen LogP contribution in [0.5, 0.6) is 5.75 Å². The van der Waals surface area contributed by atoms with Gasteiger partial charge in [-0.2, -0.15) is 0 Å². The van der Waals surface area contributed by atoms with Crippen molar-refractivity contribution in [1.82, 2.24) is 0 Å². The summed E-state index contributed by atoms with van der Waals surface area (Å²) in [4.78, 5) is 0. The lowest BCUT2D eigenvalue weighted by Crippen LogP contribution is -2.45. The van der Waals surface area contributed by atoms with E-state index in [2.05, 4.69) is 35.0 Å². The van der Waals surface area contributed by atoms with Gasteiger partial charge in [-0.1, -0.05) is 22.9 Å². The zero-order chi connectivity index (χ0) is 12.8. The lowest BCUT2D eigenvalue weighted by Gasteiger charge is -2.42. The molecule has 2 N–H and O–H groups in total. The molecule has 0 saturated heterocycles. The van der Waals surface area contributed by atoms with E-state index in [4.69, 9.17) is 10.5 Å². The molecule has 2 aliphatic rings. The highest BCUT2D eigenvalue weighted by molar-refractivity contribution is 9.10. The summed E-state index contributed by atoms with van der Waals surface area (Å²) in [5, 5.41) is 0. The highest BCUT2D eigenvalue weighted by Crippen LogP contribution is 2.50. The average molecular weight is 310 g/mol. The molecule has 3 rings (SSSR count). The van der Waals surface area contributed by atoms with Crippen molar-refractivity contribution in [2.75, 3.05) is 0 Å². The molecule has 0 bridgehead atoms. The third-order valence-corrected chi connectivity index (χ3v) is 5.13. The third-order valence-electron chi connectivity index (χ3n) is 4.64. The van der Waals surface area contributed by atoms with Gasteiger partial charge in [0.05, 0.1) is 0 Å². The standard InChI is InChI=1S/C15H20BrNO/c1-2-10-4-3-7-15(10)9-13(17)12-8-11(16)5-6-14(12)18-15/h5-6,8,10,13H,2-4,7,9,17H2,1H3. The van der Waals surface area contributed by atoms with Crippen molar-refractivity contribution in [2.24, 2.45) is 11.7 Å². The van der Waals surface area contributed by atoms with Crippen LogP contribution in [0, 0.1) is 5.92 Å². The lowest BCUT2D eigenvalue weighted by atomic mass is 9.79. The van der Waals surface area contributed by atoms with Gasteiger partial charge in [-0.15, -0.1) is 0 Å². The second-order valence-corrected chi connectivity index (χ2v) is 6.57. The summed E-state index contributed by atoms with van der Waals surface area (Å²) >= 11 is 3.51. The molecule has 1 heterocycles. The Morgan fingerprint density at radius 2 is 2.33 bits per heavy atom. The SMILES string of the molecule is CCC1CCCC12CC(N)c1cc(Br)ccc1O2. The smallest absolute Gasteiger partial charge is 0.125 e. The maximum atomic E-state index is 6.41. The van der Waals surface area contributed by atoms with Gasteiger partial charge in [-0.05, 0) is 49.8 Å². The predicted molar refractivity (Wildman–Crippen MR) is 76.7 cm³/mol. The van der Waals surface area contributed by atoms with Crippen LogP contribution in [-0.4, -0.2) is 5.60 Å². The molecular weight excluding hydrogens is 290 g/mol. The Labute approximate surface area is 117 Å². The van der Waals surface area contributed by atoms with E-state index in [1.807, 2.05) is 6.07 Å². The maximum absolute atomic E-state index is 6.41. The van der Waals surface area contributed by atoms with Crippen molar-refractivity contribution >= 4 is 15.9 Å². The van der Waals surface area contributed by atoms with Gasteiger partial charge in [0, 0.05) is 22.5 Å². The summed E-state index contributed by atoms with van der Waals surface area (Å²) in [7, 11) is 0. The van der Waals surface area contributed by atoms with Crippen molar-refractivity contribution < 1.29 is 4.74 Å². The molecule has 0 aromatic heterocycles. The van der Waals surface area contributed by atoms with Crippen LogP contribution in [0.1, 0.15) is 50.6 Å². The molecule has 2 nitrogen and oxygen atoms in total. The first-order valence-electron chi connectivity index (χ1n) is 6.88. The second-order valence-electron chi connectivity index (χ2n) is 5.66. The van der Waals surface area contributed by atoms with E-state index < -0.39 is 0 Å². The van der Waals surface area contributed by atoms with E-state index in [9.17, 15) is 0 Å². The fourth-order valence-electron chi connectivity index (χ4n) is 3.74. The Hall–Kier alpha value is -0.540. The number of fused-ring (bicyclic) bond motifs is 1. The molecule has 1 spiro atoms. The molecule has 18 heavy (non-hydrogen) atoms. The monoisotopic (exact) mass is 309 g/mol. The molecule has 0 radical (unpaired) electrons. The van der Waals surface area contributed by atoms with E-state index in [0.29, 0.717) is 5.92 Å². The third kappa shape index (κ3) is 1.88. The Bertz CT molecular complexity index is 462. The number of rotatable bonds is 1. The molecule has 1 saturated carbocycles. The maximum Gasteiger partial charge on any atom is 0.125 e. The van der Waals surface area contributed by atoms with Gasteiger partial charge in [0.1, 0.15) is 11.4 Å². The van der Waals surface area contributed by atoms with Crippen LogP contribution < -0.4 is 10.5 Å². The largest absolute Gasteiger partial charge is 0.487 e. The van der Waals surface area contributed by atoms with Crippen LogP contribution >= 0.6 is 15.9 Å². The van der Waals surface area contributed by atoms with Crippen LogP contribution in [0.25, 0.3) is 0 Å². The summed E-state index contributed by atoms with van der Waals surface area (Å²) in [6.07, 6.45) is 5.88. The van der Waals surface area contributed by atoms with Gasteiger partial charge in [0.2, 0.25) is 0 Å². The van der Waals surface area contributed by atoms with Crippen molar-refractivity contribution in [3.05, 3.63) is 28.2 Å². The second kappa shape index (κ2) is 4.53. The number of nitrogens with two attached hydrogens (primary N) is 1. The van der Waals surface area contributed by atoms with E-state index >= 15 is 0 Å². The van der Waals surface area contributed by atoms with E-state index in [-0.39, 0.29) is 11.6 Å². The molecule has 98 valence electrons. The molecule has 1 fully saturated rings. The minimum Gasteiger partial charge on any atom is -0.487 e. The molecule has 1 aliphatic heterocycles. The van der Waals surface area contributed by atoms with Gasteiger partial charge in [0.25, 0.3) is 0 Å². The predicted octanol–water partition coefficient (Wildman–Crippen LogP) is 4.18. The number of ether oxygens (including phenoxy) is 1. The molecule has 1 aromatic carbocycles. The molecule has 3 atom stereocenters. The molecular formula is C15H20BrNO. The van der Waals surface area contributed by atoms with Gasteiger partial charge in [0.15, 0.2) is 0 Å². The van der Waals surface area contributed by atoms with E-state index in [1.54, 1.807) is 0 Å².